The first-order chi connectivity index (χ1) is 9.24. The van der Waals surface area contributed by atoms with Crippen molar-refractivity contribution in [2.24, 2.45) is 0 Å². The fourth-order valence-corrected chi connectivity index (χ4v) is 1.80. The first-order valence-electron chi connectivity index (χ1n) is 6.32. The Labute approximate surface area is 112 Å². The molecule has 0 bridgehead atoms. The molecule has 5 nitrogen and oxygen atoms in total. The maximum Gasteiger partial charge on any atom is 0.220 e. The number of carbonyl (C=O) groups is 1. The molecule has 0 saturated carbocycles. The maximum absolute atomic E-state index is 11.6. The third kappa shape index (κ3) is 4.46. The largest absolute Gasteiger partial charge is 0.396 e. The van der Waals surface area contributed by atoms with Gasteiger partial charge in [0.25, 0.3) is 0 Å². The van der Waals surface area contributed by atoms with Crippen LogP contribution in [0.4, 0.5) is 5.69 Å². The standard InChI is InChI=1S/C14H18N4O/c15-13-10-17-18(11-13)9-8-16-14(19)7-6-12-4-2-1-3-5-12/h1-5,10-11H,6-9,15H2,(H,16,19). The monoisotopic (exact) mass is 258 g/mol. The number of nitrogen functional groups attached to an aromatic ring is 1. The SMILES string of the molecule is Nc1cnn(CCNC(=O)CCc2ccccc2)c1. The van der Waals surface area contributed by atoms with Crippen LogP contribution in [0.1, 0.15) is 12.0 Å². The minimum atomic E-state index is 0.0592. The van der Waals surface area contributed by atoms with Gasteiger partial charge in [-0.1, -0.05) is 30.3 Å². The van der Waals surface area contributed by atoms with E-state index in [1.165, 1.54) is 5.56 Å². The molecule has 0 saturated heterocycles. The average molecular weight is 258 g/mol. The number of hydrogen-bond donors (Lipinski definition) is 2. The Morgan fingerprint density at radius 3 is 2.79 bits per heavy atom. The van der Waals surface area contributed by atoms with Crippen LogP contribution in [-0.2, 0) is 17.8 Å². The number of carbonyl (C=O) groups excluding carboxylic acids is 1. The van der Waals surface area contributed by atoms with Crippen LogP contribution >= 0.6 is 0 Å². The number of benzene rings is 1. The molecule has 1 amide bonds. The van der Waals surface area contributed by atoms with Gasteiger partial charge in [-0.2, -0.15) is 5.10 Å². The fourth-order valence-electron chi connectivity index (χ4n) is 1.80. The van der Waals surface area contributed by atoms with Crippen molar-refractivity contribution in [1.82, 2.24) is 15.1 Å². The van der Waals surface area contributed by atoms with Gasteiger partial charge in [-0.15, -0.1) is 0 Å². The summed E-state index contributed by atoms with van der Waals surface area (Å²) >= 11 is 0. The lowest BCUT2D eigenvalue weighted by Crippen LogP contribution is -2.27. The molecule has 1 aromatic heterocycles. The Morgan fingerprint density at radius 2 is 2.11 bits per heavy atom. The van der Waals surface area contributed by atoms with E-state index < -0.39 is 0 Å². The summed E-state index contributed by atoms with van der Waals surface area (Å²) in [6.07, 6.45) is 4.61. The molecule has 0 spiro atoms. The van der Waals surface area contributed by atoms with Crippen molar-refractivity contribution in [3.63, 3.8) is 0 Å². The number of nitrogens with two attached hydrogens (primary N) is 1. The molecule has 0 fully saturated rings. The Morgan fingerprint density at radius 1 is 1.32 bits per heavy atom. The summed E-state index contributed by atoms with van der Waals surface area (Å²) in [7, 11) is 0. The van der Waals surface area contributed by atoms with Gasteiger partial charge in [0.15, 0.2) is 0 Å². The molecule has 1 heterocycles. The average Bonchev–Trinajstić information content (AvgIpc) is 2.83. The van der Waals surface area contributed by atoms with Crippen LogP contribution < -0.4 is 11.1 Å². The molecule has 0 radical (unpaired) electrons. The second kappa shape index (κ2) is 6.58. The highest BCUT2D eigenvalue weighted by molar-refractivity contribution is 5.76. The van der Waals surface area contributed by atoms with Crippen molar-refractivity contribution in [2.45, 2.75) is 19.4 Å². The maximum atomic E-state index is 11.6. The number of nitrogens with one attached hydrogen (secondary N) is 1. The summed E-state index contributed by atoms with van der Waals surface area (Å²) < 4.78 is 1.72. The van der Waals surface area contributed by atoms with Crippen molar-refractivity contribution >= 4 is 11.6 Å². The van der Waals surface area contributed by atoms with Gasteiger partial charge in [0.2, 0.25) is 5.91 Å². The van der Waals surface area contributed by atoms with Gasteiger partial charge in [-0.25, -0.2) is 0 Å². The zero-order valence-corrected chi connectivity index (χ0v) is 10.7. The molecule has 100 valence electrons. The molecule has 1 aromatic carbocycles. The lowest BCUT2D eigenvalue weighted by Gasteiger charge is -2.05. The first kappa shape index (κ1) is 13.1. The fraction of sp³-hybridized carbons (Fsp3) is 0.286. The summed E-state index contributed by atoms with van der Waals surface area (Å²) in [4.78, 5) is 11.6. The smallest absolute Gasteiger partial charge is 0.220 e. The molecule has 2 rings (SSSR count). The van der Waals surface area contributed by atoms with E-state index in [0.29, 0.717) is 25.2 Å². The highest BCUT2D eigenvalue weighted by atomic mass is 16.1. The Kier molecular flexibility index (Phi) is 4.55. The molecule has 3 N–H and O–H groups in total. The van der Waals surface area contributed by atoms with Gasteiger partial charge in [0, 0.05) is 19.2 Å². The number of nitrogens with zero attached hydrogens (tertiary/aromatic N) is 2. The summed E-state index contributed by atoms with van der Waals surface area (Å²) in [6.45, 7) is 1.20. The van der Waals surface area contributed by atoms with E-state index in [1.807, 2.05) is 30.3 Å². The number of rotatable bonds is 6. The van der Waals surface area contributed by atoms with Gasteiger partial charge < -0.3 is 11.1 Å². The molecule has 0 unspecified atom stereocenters. The molecule has 2 aromatic rings. The quantitative estimate of drug-likeness (QED) is 0.818. The first-order valence-corrected chi connectivity index (χ1v) is 6.32. The summed E-state index contributed by atoms with van der Waals surface area (Å²) in [6, 6.07) is 9.99. The highest BCUT2D eigenvalue weighted by Crippen LogP contribution is 2.02. The van der Waals surface area contributed by atoms with Crippen molar-refractivity contribution in [1.29, 1.82) is 0 Å². The highest BCUT2D eigenvalue weighted by Gasteiger charge is 2.02. The zero-order valence-electron chi connectivity index (χ0n) is 10.7. The van der Waals surface area contributed by atoms with Crippen molar-refractivity contribution in [3.05, 3.63) is 48.3 Å². The van der Waals surface area contributed by atoms with Gasteiger partial charge in [-0.05, 0) is 12.0 Å². The van der Waals surface area contributed by atoms with E-state index in [4.69, 9.17) is 5.73 Å². The number of amides is 1. The van der Waals surface area contributed by atoms with Crippen LogP contribution in [0.2, 0.25) is 0 Å². The lowest BCUT2D eigenvalue weighted by atomic mass is 10.1. The minimum Gasteiger partial charge on any atom is -0.396 e. The molecule has 0 aliphatic heterocycles. The second-order valence-electron chi connectivity index (χ2n) is 4.37. The van der Waals surface area contributed by atoms with Crippen LogP contribution in [0, 0.1) is 0 Å². The molecule has 5 heteroatoms. The van der Waals surface area contributed by atoms with E-state index in [-0.39, 0.29) is 5.91 Å². The van der Waals surface area contributed by atoms with Crippen LogP contribution in [0.15, 0.2) is 42.7 Å². The predicted octanol–water partition coefficient (Wildman–Crippen LogP) is 1.21. The summed E-state index contributed by atoms with van der Waals surface area (Å²) in [5, 5.41) is 6.92. The summed E-state index contributed by atoms with van der Waals surface area (Å²) in [5.41, 5.74) is 7.36. The summed E-state index contributed by atoms with van der Waals surface area (Å²) in [5.74, 6) is 0.0592. The van der Waals surface area contributed by atoms with Crippen LogP contribution in [-0.4, -0.2) is 22.2 Å². The molecule has 19 heavy (non-hydrogen) atoms. The van der Waals surface area contributed by atoms with Gasteiger partial charge in [-0.3, -0.25) is 9.48 Å². The van der Waals surface area contributed by atoms with Crippen molar-refractivity contribution < 1.29 is 4.79 Å². The molecule has 0 atom stereocenters. The van der Waals surface area contributed by atoms with Gasteiger partial charge in [0.05, 0.1) is 18.4 Å². The number of aryl methyl sites for hydroxylation is 1. The molecular formula is C14H18N4O. The van der Waals surface area contributed by atoms with E-state index in [1.54, 1.807) is 17.1 Å². The molecule has 0 aliphatic carbocycles. The van der Waals surface area contributed by atoms with E-state index in [0.717, 1.165) is 6.42 Å². The van der Waals surface area contributed by atoms with E-state index in [2.05, 4.69) is 10.4 Å². The Hall–Kier alpha value is -2.30. The van der Waals surface area contributed by atoms with Crippen LogP contribution in [0.5, 0.6) is 0 Å². The lowest BCUT2D eigenvalue weighted by molar-refractivity contribution is -0.121. The third-order valence-corrected chi connectivity index (χ3v) is 2.80. The van der Waals surface area contributed by atoms with Crippen molar-refractivity contribution in [3.8, 4) is 0 Å². The number of anilines is 1. The van der Waals surface area contributed by atoms with E-state index in [9.17, 15) is 4.79 Å². The van der Waals surface area contributed by atoms with Gasteiger partial charge >= 0.3 is 0 Å². The van der Waals surface area contributed by atoms with E-state index >= 15 is 0 Å². The minimum absolute atomic E-state index is 0.0592. The molecular weight excluding hydrogens is 240 g/mol. The Bertz CT molecular complexity index is 521. The van der Waals surface area contributed by atoms with Crippen LogP contribution in [0.3, 0.4) is 0 Å². The van der Waals surface area contributed by atoms with Crippen LogP contribution in [0.25, 0.3) is 0 Å². The normalized spacial score (nSPS) is 10.3. The number of aromatic nitrogens is 2. The van der Waals surface area contributed by atoms with Crippen molar-refractivity contribution in [2.75, 3.05) is 12.3 Å². The number of hydrogen-bond acceptors (Lipinski definition) is 3. The van der Waals surface area contributed by atoms with Gasteiger partial charge in [0.1, 0.15) is 0 Å². The predicted molar refractivity (Wildman–Crippen MR) is 74.4 cm³/mol. The second-order valence-corrected chi connectivity index (χ2v) is 4.37. The molecule has 0 aliphatic rings. The Balaban J connectivity index is 1.65. The third-order valence-electron chi connectivity index (χ3n) is 2.80. The zero-order chi connectivity index (χ0) is 13.5. The topological polar surface area (TPSA) is 72.9 Å².